The van der Waals surface area contributed by atoms with Crippen LogP contribution in [-0.2, 0) is 16.0 Å². The molecule has 1 N–H and O–H groups in total. The van der Waals surface area contributed by atoms with Gasteiger partial charge in [0.2, 0.25) is 0 Å². The molecule has 1 aliphatic heterocycles. The molecule has 4 amide bonds. The molecule has 1 fully saturated rings. The van der Waals surface area contributed by atoms with Crippen LogP contribution in [0.25, 0.3) is 6.08 Å². The number of urea groups is 1. The molecule has 0 radical (unpaired) electrons. The number of rotatable bonds is 4. The van der Waals surface area contributed by atoms with Crippen molar-refractivity contribution in [3.05, 3.63) is 104 Å². The summed E-state index contributed by atoms with van der Waals surface area (Å²) >= 11 is 9.80. The quantitative estimate of drug-likeness (QED) is 0.338. The third kappa shape index (κ3) is 4.77. The number of hydrogen-bond acceptors (Lipinski definition) is 3. The average molecular weight is 524 g/mol. The SMILES string of the molecule is Cc1ccc(C)c(N2C(=O)NC(=O)/C(=C\c3cc(Br)ccc3Cc3ccccc3Cl)C2=O)c1. The van der Waals surface area contributed by atoms with Gasteiger partial charge in [-0.1, -0.05) is 63.9 Å². The molecule has 0 saturated carbocycles. The number of hydrogen-bond donors (Lipinski definition) is 1. The number of nitrogens with zero attached hydrogens (tertiary/aromatic N) is 1. The molecule has 0 unspecified atom stereocenters. The molecule has 1 saturated heterocycles. The smallest absolute Gasteiger partial charge is 0.273 e. The summed E-state index contributed by atoms with van der Waals surface area (Å²) in [6.07, 6.45) is 2.04. The summed E-state index contributed by atoms with van der Waals surface area (Å²) in [6, 6.07) is 17.9. The van der Waals surface area contributed by atoms with Crippen LogP contribution >= 0.6 is 27.5 Å². The maximum atomic E-state index is 13.4. The Hall–Kier alpha value is -3.22. The van der Waals surface area contributed by atoms with Gasteiger partial charge in [0.15, 0.2) is 0 Å². The van der Waals surface area contributed by atoms with Crippen molar-refractivity contribution in [3.8, 4) is 0 Å². The van der Waals surface area contributed by atoms with Gasteiger partial charge in [-0.25, -0.2) is 9.69 Å². The van der Waals surface area contributed by atoms with Crippen LogP contribution in [0.4, 0.5) is 10.5 Å². The zero-order valence-corrected chi connectivity index (χ0v) is 20.3. The van der Waals surface area contributed by atoms with Gasteiger partial charge in [0.25, 0.3) is 11.8 Å². The van der Waals surface area contributed by atoms with Crippen LogP contribution in [0.5, 0.6) is 0 Å². The molecule has 1 heterocycles. The van der Waals surface area contributed by atoms with E-state index < -0.39 is 17.8 Å². The van der Waals surface area contributed by atoms with Gasteiger partial charge in [0.1, 0.15) is 5.57 Å². The molecule has 3 aromatic carbocycles. The van der Waals surface area contributed by atoms with E-state index in [4.69, 9.17) is 11.6 Å². The van der Waals surface area contributed by atoms with E-state index in [2.05, 4.69) is 21.2 Å². The fourth-order valence-corrected chi connectivity index (χ4v) is 4.28. The second-order valence-corrected chi connectivity index (χ2v) is 9.18. The average Bonchev–Trinajstić information content (AvgIpc) is 2.76. The Balaban J connectivity index is 1.78. The minimum absolute atomic E-state index is 0.117. The number of anilines is 1. The third-order valence-electron chi connectivity index (χ3n) is 5.45. The minimum atomic E-state index is -0.763. The third-order valence-corrected chi connectivity index (χ3v) is 6.32. The van der Waals surface area contributed by atoms with Gasteiger partial charge in [-0.05, 0) is 78.4 Å². The first-order valence-electron chi connectivity index (χ1n) is 10.2. The first-order chi connectivity index (χ1) is 15.7. The maximum Gasteiger partial charge on any atom is 0.335 e. The van der Waals surface area contributed by atoms with Gasteiger partial charge in [-0.2, -0.15) is 0 Å². The first kappa shape index (κ1) is 23.0. The van der Waals surface area contributed by atoms with E-state index >= 15 is 0 Å². The summed E-state index contributed by atoms with van der Waals surface area (Å²) in [4.78, 5) is 39.7. The van der Waals surface area contributed by atoms with Crippen LogP contribution in [0.3, 0.4) is 0 Å². The molecule has 0 aromatic heterocycles. The van der Waals surface area contributed by atoms with E-state index in [1.807, 2.05) is 68.4 Å². The van der Waals surface area contributed by atoms with E-state index in [-0.39, 0.29) is 5.57 Å². The Morgan fingerprint density at radius 1 is 0.970 bits per heavy atom. The van der Waals surface area contributed by atoms with Crippen molar-refractivity contribution >= 4 is 57.1 Å². The zero-order valence-electron chi connectivity index (χ0n) is 18.0. The lowest BCUT2D eigenvalue weighted by atomic mass is 9.97. The van der Waals surface area contributed by atoms with E-state index in [9.17, 15) is 14.4 Å². The summed E-state index contributed by atoms with van der Waals surface area (Å²) in [7, 11) is 0. The van der Waals surface area contributed by atoms with Gasteiger partial charge < -0.3 is 0 Å². The van der Waals surface area contributed by atoms with E-state index in [0.717, 1.165) is 31.6 Å². The Morgan fingerprint density at radius 2 is 1.73 bits per heavy atom. The molecule has 0 aliphatic carbocycles. The number of carbonyl (C=O) groups is 3. The van der Waals surface area contributed by atoms with Crippen molar-refractivity contribution in [3.63, 3.8) is 0 Å². The van der Waals surface area contributed by atoms with Crippen molar-refractivity contribution in [2.75, 3.05) is 4.90 Å². The van der Waals surface area contributed by atoms with Crippen LogP contribution in [0.2, 0.25) is 5.02 Å². The number of barbiturate groups is 1. The monoisotopic (exact) mass is 522 g/mol. The molecule has 7 heteroatoms. The zero-order chi connectivity index (χ0) is 23.7. The highest BCUT2D eigenvalue weighted by atomic mass is 79.9. The van der Waals surface area contributed by atoms with E-state index in [1.165, 1.54) is 6.08 Å². The fourth-order valence-electron chi connectivity index (χ4n) is 3.70. The van der Waals surface area contributed by atoms with Crippen molar-refractivity contribution in [2.24, 2.45) is 0 Å². The van der Waals surface area contributed by atoms with Gasteiger partial charge >= 0.3 is 6.03 Å². The number of halogens is 2. The van der Waals surface area contributed by atoms with Crippen LogP contribution in [0.15, 0.2) is 70.7 Å². The van der Waals surface area contributed by atoms with E-state index in [1.54, 1.807) is 6.07 Å². The molecule has 0 spiro atoms. The normalized spacial score (nSPS) is 15.2. The Bertz CT molecular complexity index is 1330. The highest BCUT2D eigenvalue weighted by Crippen LogP contribution is 2.29. The first-order valence-corrected chi connectivity index (χ1v) is 11.4. The molecule has 0 atom stereocenters. The number of carbonyl (C=O) groups excluding carboxylic acids is 3. The van der Waals surface area contributed by atoms with Gasteiger partial charge in [0, 0.05) is 9.50 Å². The molecule has 4 rings (SSSR count). The molecule has 5 nitrogen and oxygen atoms in total. The predicted octanol–water partition coefficient (Wildman–Crippen LogP) is 5.98. The number of imide groups is 2. The van der Waals surface area contributed by atoms with Crippen LogP contribution in [0.1, 0.15) is 27.8 Å². The standard InChI is InChI=1S/C26H20BrClN2O3/c1-15-7-8-16(2)23(11-15)30-25(32)21(24(31)29-26(30)33)14-19-13-20(27)10-9-17(19)12-18-5-3-4-6-22(18)28/h3-11,13-14H,12H2,1-2H3,(H,29,31,33)/b21-14+. The number of nitrogens with one attached hydrogen (secondary N) is 1. The Labute approximate surface area is 205 Å². The summed E-state index contributed by atoms with van der Waals surface area (Å²) in [5, 5.41) is 2.93. The van der Waals surface area contributed by atoms with E-state index in [0.29, 0.717) is 22.7 Å². The largest absolute Gasteiger partial charge is 0.335 e. The molecular formula is C26H20BrClN2O3. The summed E-state index contributed by atoms with van der Waals surface area (Å²) in [5.74, 6) is -1.39. The Kier molecular flexibility index (Phi) is 6.49. The minimum Gasteiger partial charge on any atom is -0.273 e. The van der Waals surface area contributed by atoms with Gasteiger partial charge in [-0.15, -0.1) is 0 Å². The number of aryl methyl sites for hydroxylation is 2. The Morgan fingerprint density at radius 3 is 2.48 bits per heavy atom. The maximum absolute atomic E-state index is 13.4. The van der Waals surface area contributed by atoms with Crippen molar-refractivity contribution in [1.29, 1.82) is 0 Å². The number of benzene rings is 3. The van der Waals surface area contributed by atoms with Crippen molar-refractivity contribution in [2.45, 2.75) is 20.3 Å². The molecule has 3 aromatic rings. The van der Waals surface area contributed by atoms with Crippen molar-refractivity contribution in [1.82, 2.24) is 5.32 Å². The second kappa shape index (κ2) is 9.33. The molecule has 0 bridgehead atoms. The second-order valence-electron chi connectivity index (χ2n) is 7.86. The topological polar surface area (TPSA) is 66.5 Å². The highest BCUT2D eigenvalue weighted by Gasteiger charge is 2.37. The lowest BCUT2D eigenvalue weighted by Crippen LogP contribution is -2.54. The fraction of sp³-hybridized carbons (Fsp3) is 0.115. The molecular weight excluding hydrogens is 504 g/mol. The van der Waals surface area contributed by atoms with Crippen LogP contribution < -0.4 is 10.2 Å². The summed E-state index contributed by atoms with van der Waals surface area (Å²) < 4.78 is 0.795. The van der Waals surface area contributed by atoms with Crippen LogP contribution in [0, 0.1) is 13.8 Å². The number of amides is 4. The van der Waals surface area contributed by atoms with Crippen molar-refractivity contribution < 1.29 is 14.4 Å². The highest BCUT2D eigenvalue weighted by molar-refractivity contribution is 9.10. The molecule has 166 valence electrons. The predicted molar refractivity (Wildman–Crippen MR) is 133 cm³/mol. The summed E-state index contributed by atoms with van der Waals surface area (Å²) in [5.41, 5.74) is 4.46. The summed E-state index contributed by atoms with van der Waals surface area (Å²) in [6.45, 7) is 3.69. The van der Waals surface area contributed by atoms with Gasteiger partial charge in [0.05, 0.1) is 5.69 Å². The molecule has 33 heavy (non-hydrogen) atoms. The van der Waals surface area contributed by atoms with Gasteiger partial charge in [-0.3, -0.25) is 14.9 Å². The lowest BCUT2D eigenvalue weighted by molar-refractivity contribution is -0.122. The lowest BCUT2D eigenvalue weighted by Gasteiger charge is -2.28. The van der Waals surface area contributed by atoms with Crippen LogP contribution in [-0.4, -0.2) is 17.8 Å². The molecule has 1 aliphatic rings.